The third-order valence-corrected chi connectivity index (χ3v) is 5.86. The average Bonchev–Trinajstić information content (AvgIpc) is 3.38. The van der Waals surface area contributed by atoms with E-state index in [0.717, 1.165) is 34.0 Å². The predicted molar refractivity (Wildman–Crippen MR) is 117 cm³/mol. The first-order chi connectivity index (χ1) is 13.7. The van der Waals surface area contributed by atoms with Crippen LogP contribution in [0.25, 0.3) is 38.8 Å². The van der Waals surface area contributed by atoms with Gasteiger partial charge in [0.1, 0.15) is 11.8 Å². The highest BCUT2D eigenvalue weighted by molar-refractivity contribution is 7.08. The summed E-state index contributed by atoms with van der Waals surface area (Å²) in [7, 11) is 0. The Balaban J connectivity index is 1.75. The van der Waals surface area contributed by atoms with Gasteiger partial charge in [-0.2, -0.15) is 11.3 Å². The van der Waals surface area contributed by atoms with Gasteiger partial charge in [-0.1, -0.05) is 18.2 Å². The molecule has 0 saturated heterocycles. The highest BCUT2D eigenvalue weighted by Gasteiger charge is 2.13. The van der Waals surface area contributed by atoms with Crippen LogP contribution in [0.1, 0.15) is 11.1 Å². The summed E-state index contributed by atoms with van der Waals surface area (Å²) >= 11 is 1.71. The molecule has 2 N–H and O–H groups in total. The number of hydrogen-bond acceptors (Lipinski definition) is 4. The second kappa shape index (κ2) is 6.86. The number of aryl methyl sites for hydroxylation is 1. The minimum atomic E-state index is 0.661. The fraction of sp³-hybridized carbons (Fsp3) is 0.130. The summed E-state index contributed by atoms with van der Waals surface area (Å²) in [6.45, 7) is 2.80. The van der Waals surface area contributed by atoms with Crippen molar-refractivity contribution >= 4 is 33.3 Å². The summed E-state index contributed by atoms with van der Waals surface area (Å²) in [4.78, 5) is 9.23. The summed E-state index contributed by atoms with van der Waals surface area (Å²) in [5.74, 6) is 0. The van der Waals surface area contributed by atoms with E-state index < -0.39 is 0 Å². The summed E-state index contributed by atoms with van der Waals surface area (Å²) in [6.07, 6.45) is 4.65. The fourth-order valence-electron chi connectivity index (χ4n) is 3.79. The Labute approximate surface area is 167 Å². The van der Waals surface area contributed by atoms with Gasteiger partial charge in [0, 0.05) is 5.39 Å². The second-order valence-electron chi connectivity index (χ2n) is 7.01. The van der Waals surface area contributed by atoms with Crippen LogP contribution in [0.3, 0.4) is 0 Å². The first-order valence-electron chi connectivity index (χ1n) is 9.33. The number of thiophene rings is 1. The standard InChI is InChI=1S/C23H20N4S/c1-15-10-16(6-8-24)2-5-22(15)27-14-26-21-12-25-20-4-3-17(11-19(20)23(21)27)18-7-9-28-13-18/h2-5,7,9-14H,6,8,24H2,1H3. The second-order valence-corrected chi connectivity index (χ2v) is 7.79. The maximum atomic E-state index is 5.71. The number of nitrogens with zero attached hydrogens (tertiary/aromatic N) is 3. The zero-order valence-electron chi connectivity index (χ0n) is 15.6. The Morgan fingerprint density at radius 2 is 1.93 bits per heavy atom. The van der Waals surface area contributed by atoms with Crippen molar-refractivity contribution in [2.24, 2.45) is 5.73 Å². The molecule has 0 amide bonds. The monoisotopic (exact) mass is 384 g/mol. The van der Waals surface area contributed by atoms with Crippen LogP contribution >= 0.6 is 11.3 Å². The molecule has 3 aromatic heterocycles. The molecule has 0 unspecified atom stereocenters. The first-order valence-corrected chi connectivity index (χ1v) is 10.3. The Hall–Kier alpha value is -3.02. The van der Waals surface area contributed by atoms with Crippen molar-refractivity contribution in [1.82, 2.24) is 14.5 Å². The lowest BCUT2D eigenvalue weighted by Gasteiger charge is -2.12. The Morgan fingerprint density at radius 3 is 2.71 bits per heavy atom. The molecule has 2 aromatic carbocycles. The van der Waals surface area contributed by atoms with Gasteiger partial charge >= 0.3 is 0 Å². The molecule has 5 heteroatoms. The van der Waals surface area contributed by atoms with Crippen molar-refractivity contribution in [1.29, 1.82) is 0 Å². The maximum absolute atomic E-state index is 5.71. The Bertz CT molecular complexity index is 1290. The zero-order chi connectivity index (χ0) is 19.1. The molecule has 0 atom stereocenters. The quantitative estimate of drug-likeness (QED) is 0.468. The normalized spacial score (nSPS) is 11.5. The Kier molecular flexibility index (Phi) is 4.19. The van der Waals surface area contributed by atoms with Gasteiger partial charge in [0.15, 0.2) is 0 Å². The Morgan fingerprint density at radius 1 is 1.00 bits per heavy atom. The molecule has 0 aliphatic heterocycles. The van der Waals surface area contributed by atoms with E-state index in [1.165, 1.54) is 22.3 Å². The molecule has 0 spiro atoms. The van der Waals surface area contributed by atoms with Crippen LogP contribution in [0.15, 0.2) is 65.7 Å². The number of fused-ring (bicyclic) bond motifs is 3. The molecule has 0 saturated carbocycles. The number of imidazole rings is 1. The molecule has 0 aliphatic rings. The summed E-state index contributed by atoms with van der Waals surface area (Å²) in [5, 5.41) is 5.39. The number of nitrogens with two attached hydrogens (primary N) is 1. The van der Waals surface area contributed by atoms with E-state index >= 15 is 0 Å². The minimum absolute atomic E-state index is 0.661. The minimum Gasteiger partial charge on any atom is -0.330 e. The summed E-state index contributed by atoms with van der Waals surface area (Å²) in [5.41, 5.74) is 14.7. The van der Waals surface area contributed by atoms with Crippen molar-refractivity contribution in [2.45, 2.75) is 13.3 Å². The number of pyridine rings is 1. The number of aromatic nitrogens is 3. The van der Waals surface area contributed by atoms with E-state index in [1.807, 2.05) is 12.5 Å². The van der Waals surface area contributed by atoms with Crippen LogP contribution in [0, 0.1) is 6.92 Å². The molecular formula is C23H20N4S. The van der Waals surface area contributed by atoms with Crippen LogP contribution in [-0.4, -0.2) is 21.1 Å². The smallest absolute Gasteiger partial charge is 0.108 e. The van der Waals surface area contributed by atoms with Crippen LogP contribution in [0.4, 0.5) is 0 Å². The van der Waals surface area contributed by atoms with Gasteiger partial charge in [-0.15, -0.1) is 0 Å². The van der Waals surface area contributed by atoms with Crippen molar-refractivity contribution in [3.8, 4) is 16.8 Å². The maximum Gasteiger partial charge on any atom is 0.108 e. The SMILES string of the molecule is Cc1cc(CCN)ccc1-n1cnc2cnc3ccc(-c4ccsc4)cc3c21. The van der Waals surface area contributed by atoms with Gasteiger partial charge in [0.05, 0.1) is 22.9 Å². The lowest BCUT2D eigenvalue weighted by Crippen LogP contribution is -2.04. The van der Waals surface area contributed by atoms with Gasteiger partial charge in [-0.3, -0.25) is 9.55 Å². The molecule has 5 aromatic rings. The molecule has 138 valence electrons. The van der Waals surface area contributed by atoms with E-state index in [4.69, 9.17) is 5.73 Å². The zero-order valence-corrected chi connectivity index (χ0v) is 16.4. The number of hydrogen-bond donors (Lipinski definition) is 1. The van der Waals surface area contributed by atoms with E-state index in [-0.39, 0.29) is 0 Å². The third kappa shape index (κ3) is 2.80. The van der Waals surface area contributed by atoms with E-state index in [9.17, 15) is 0 Å². The van der Waals surface area contributed by atoms with Gasteiger partial charge in [0.2, 0.25) is 0 Å². The van der Waals surface area contributed by atoms with Gasteiger partial charge in [-0.05, 0) is 77.2 Å². The predicted octanol–water partition coefficient (Wildman–Crippen LogP) is 5.11. The van der Waals surface area contributed by atoms with Crippen LogP contribution in [0.2, 0.25) is 0 Å². The molecule has 0 bridgehead atoms. The third-order valence-electron chi connectivity index (χ3n) is 5.18. The van der Waals surface area contributed by atoms with Crippen molar-refractivity contribution in [3.05, 3.63) is 76.9 Å². The van der Waals surface area contributed by atoms with Crippen LogP contribution in [-0.2, 0) is 6.42 Å². The molecule has 0 radical (unpaired) electrons. The van der Waals surface area contributed by atoms with Crippen molar-refractivity contribution in [2.75, 3.05) is 6.54 Å². The molecule has 3 heterocycles. The topological polar surface area (TPSA) is 56.7 Å². The lowest BCUT2D eigenvalue weighted by molar-refractivity contribution is 0.962. The highest BCUT2D eigenvalue weighted by Crippen LogP contribution is 2.31. The van der Waals surface area contributed by atoms with Crippen LogP contribution in [0.5, 0.6) is 0 Å². The molecule has 5 rings (SSSR count). The molecule has 4 nitrogen and oxygen atoms in total. The summed E-state index contributed by atoms with van der Waals surface area (Å²) in [6, 6.07) is 15.1. The number of benzene rings is 2. The molecular weight excluding hydrogens is 364 g/mol. The molecule has 0 fully saturated rings. The lowest BCUT2D eigenvalue weighted by atomic mass is 10.0. The van der Waals surface area contributed by atoms with E-state index in [1.54, 1.807) is 11.3 Å². The van der Waals surface area contributed by atoms with E-state index in [2.05, 4.69) is 74.7 Å². The largest absolute Gasteiger partial charge is 0.330 e. The van der Waals surface area contributed by atoms with Gasteiger partial charge in [0.25, 0.3) is 0 Å². The van der Waals surface area contributed by atoms with Crippen molar-refractivity contribution < 1.29 is 0 Å². The number of rotatable bonds is 4. The van der Waals surface area contributed by atoms with E-state index in [0.29, 0.717) is 6.54 Å². The van der Waals surface area contributed by atoms with Crippen LogP contribution < -0.4 is 5.73 Å². The highest BCUT2D eigenvalue weighted by atomic mass is 32.1. The average molecular weight is 385 g/mol. The molecule has 28 heavy (non-hydrogen) atoms. The van der Waals surface area contributed by atoms with Crippen molar-refractivity contribution in [3.63, 3.8) is 0 Å². The fourth-order valence-corrected chi connectivity index (χ4v) is 4.46. The first kappa shape index (κ1) is 17.1. The van der Waals surface area contributed by atoms with Gasteiger partial charge < -0.3 is 5.73 Å². The van der Waals surface area contributed by atoms with Gasteiger partial charge in [-0.25, -0.2) is 4.98 Å². The summed E-state index contributed by atoms with van der Waals surface area (Å²) < 4.78 is 2.18. The molecule has 0 aliphatic carbocycles.